The second-order valence-corrected chi connectivity index (χ2v) is 9.16. The summed E-state index contributed by atoms with van der Waals surface area (Å²) in [7, 11) is 0. The minimum atomic E-state index is -0.430. The van der Waals surface area contributed by atoms with E-state index in [1.54, 1.807) is 29.0 Å². The zero-order valence-corrected chi connectivity index (χ0v) is 20.6. The lowest BCUT2D eigenvalue weighted by molar-refractivity contribution is 0.252. The maximum Gasteiger partial charge on any atom is 0.203 e. The van der Waals surface area contributed by atoms with Crippen molar-refractivity contribution < 1.29 is 14.2 Å². The molecule has 0 aliphatic rings. The lowest BCUT2D eigenvalue weighted by Gasteiger charge is -2.22. The van der Waals surface area contributed by atoms with E-state index in [1.165, 1.54) is 12.1 Å². The molecule has 0 radical (unpaired) electrons. The molecule has 0 spiro atoms. The van der Waals surface area contributed by atoms with Crippen LogP contribution < -0.4 is 4.74 Å². The van der Waals surface area contributed by atoms with Crippen molar-refractivity contribution in [2.45, 2.75) is 12.6 Å². The molecule has 0 bridgehead atoms. The molecule has 4 nitrogen and oxygen atoms in total. The van der Waals surface area contributed by atoms with E-state index in [-0.39, 0.29) is 11.7 Å². The maximum absolute atomic E-state index is 13.5. The van der Waals surface area contributed by atoms with Gasteiger partial charge in [0.1, 0.15) is 17.4 Å². The van der Waals surface area contributed by atoms with Gasteiger partial charge in [0.25, 0.3) is 0 Å². The Bertz CT molecular complexity index is 1700. The first-order chi connectivity index (χ1) is 18.6. The Morgan fingerprint density at radius 3 is 2.16 bits per heavy atom. The van der Waals surface area contributed by atoms with Crippen LogP contribution in [0.1, 0.15) is 28.4 Å². The number of aromatic hydroxyl groups is 1. The molecular weight excluding hydrogens is 475 g/mol. The minimum absolute atomic E-state index is 0.0508. The largest absolute Gasteiger partial charge is 0.494 e. The Labute approximate surface area is 219 Å². The number of hydrogen-bond donors (Lipinski definition) is 1. The Balaban J connectivity index is 1.59. The van der Waals surface area contributed by atoms with Crippen molar-refractivity contribution in [3.8, 4) is 11.6 Å². The summed E-state index contributed by atoms with van der Waals surface area (Å²) in [5, 5.41) is 13.8. The van der Waals surface area contributed by atoms with Crippen LogP contribution in [-0.4, -0.2) is 14.7 Å². The van der Waals surface area contributed by atoms with Gasteiger partial charge in [0.2, 0.25) is 5.88 Å². The molecule has 2 heterocycles. The highest BCUT2D eigenvalue weighted by atomic mass is 19.1. The zero-order chi connectivity index (χ0) is 26.1. The van der Waals surface area contributed by atoms with Crippen molar-refractivity contribution >= 4 is 27.8 Å². The van der Waals surface area contributed by atoms with Crippen LogP contribution in [0.2, 0.25) is 0 Å². The first-order valence-corrected chi connectivity index (χ1v) is 12.4. The van der Waals surface area contributed by atoms with Crippen molar-refractivity contribution in [2.75, 3.05) is 0 Å². The van der Waals surface area contributed by atoms with Crippen molar-refractivity contribution in [1.82, 2.24) is 9.55 Å². The fourth-order valence-corrected chi connectivity index (χ4v) is 4.98. The van der Waals surface area contributed by atoms with Crippen LogP contribution in [0, 0.1) is 5.82 Å². The van der Waals surface area contributed by atoms with Gasteiger partial charge in [-0.1, -0.05) is 91.5 Å². The van der Waals surface area contributed by atoms with Crippen molar-refractivity contribution in [3.63, 3.8) is 0 Å². The monoisotopic (exact) mass is 500 g/mol. The highest BCUT2D eigenvalue weighted by Crippen LogP contribution is 2.45. The quantitative estimate of drug-likeness (QED) is 0.242. The fraction of sp³-hybridized carbons (Fsp3) is 0.0606. The van der Waals surface area contributed by atoms with Crippen molar-refractivity contribution in [2.24, 2.45) is 0 Å². The number of nitrogens with zero attached hydrogens (tertiary/aromatic N) is 2. The summed E-state index contributed by atoms with van der Waals surface area (Å²) < 4.78 is 22.1. The second kappa shape index (κ2) is 9.87. The van der Waals surface area contributed by atoms with Crippen molar-refractivity contribution in [3.05, 3.63) is 144 Å². The van der Waals surface area contributed by atoms with Crippen LogP contribution in [0.15, 0.2) is 116 Å². The summed E-state index contributed by atoms with van der Waals surface area (Å²) >= 11 is 0. The summed E-state index contributed by atoms with van der Waals surface area (Å²) in [5.41, 5.74) is 4.32. The standard InChI is InChI=1S/C33H25FN2O2/c1-2-26-27-14-9-19-35-30(27)32(38-31(23-10-5-3-6-11-23)24-12-7-4-8-13-24)29-28(26)21-36(33(29)37)20-22-15-17-25(34)18-16-22/h2-19,21,31,37H,1,20H2. The molecule has 186 valence electrons. The molecule has 6 aromatic rings. The lowest BCUT2D eigenvalue weighted by atomic mass is 9.99. The summed E-state index contributed by atoms with van der Waals surface area (Å²) in [5.74, 6) is 0.245. The molecular formula is C33H25FN2O2. The number of pyridine rings is 1. The average molecular weight is 501 g/mol. The molecule has 38 heavy (non-hydrogen) atoms. The van der Waals surface area contributed by atoms with E-state index in [2.05, 4.69) is 11.6 Å². The Hall–Kier alpha value is -4.90. The van der Waals surface area contributed by atoms with E-state index in [0.29, 0.717) is 23.2 Å². The Kier molecular flexibility index (Phi) is 6.10. The molecule has 0 atom stereocenters. The highest BCUT2D eigenvalue weighted by Gasteiger charge is 2.25. The van der Waals surface area contributed by atoms with E-state index in [0.717, 1.165) is 33.0 Å². The van der Waals surface area contributed by atoms with Gasteiger partial charge in [-0.25, -0.2) is 4.39 Å². The fourth-order valence-electron chi connectivity index (χ4n) is 4.98. The molecule has 2 aromatic heterocycles. The minimum Gasteiger partial charge on any atom is -0.494 e. The molecule has 0 aliphatic carbocycles. The molecule has 4 aromatic carbocycles. The molecule has 1 N–H and O–H groups in total. The molecule has 0 aliphatic heterocycles. The first kappa shape index (κ1) is 23.5. The summed E-state index contributed by atoms with van der Waals surface area (Å²) in [6, 6.07) is 30.1. The molecule has 0 amide bonds. The third-order valence-electron chi connectivity index (χ3n) is 6.79. The van der Waals surface area contributed by atoms with Gasteiger partial charge in [0, 0.05) is 23.2 Å². The van der Waals surface area contributed by atoms with Gasteiger partial charge in [-0.3, -0.25) is 4.98 Å². The number of hydrogen-bond acceptors (Lipinski definition) is 3. The van der Waals surface area contributed by atoms with Crippen LogP contribution in [0.5, 0.6) is 11.6 Å². The van der Waals surface area contributed by atoms with Crippen LogP contribution in [0.4, 0.5) is 4.39 Å². The van der Waals surface area contributed by atoms with Crippen molar-refractivity contribution in [1.29, 1.82) is 0 Å². The normalized spacial score (nSPS) is 11.3. The molecule has 6 rings (SSSR count). The molecule has 5 heteroatoms. The van der Waals surface area contributed by atoms with Crippen LogP contribution in [-0.2, 0) is 6.54 Å². The Morgan fingerprint density at radius 1 is 0.868 bits per heavy atom. The SMILES string of the molecule is C=Cc1c2cccnc2c(OC(c2ccccc2)c2ccccc2)c2c(O)n(Cc3ccc(F)cc3)cc12. The third-order valence-corrected chi connectivity index (χ3v) is 6.79. The van der Waals surface area contributed by atoms with Gasteiger partial charge in [-0.2, -0.15) is 0 Å². The van der Waals surface area contributed by atoms with Gasteiger partial charge in [0.05, 0.1) is 11.9 Å². The summed E-state index contributed by atoms with van der Waals surface area (Å²) in [4.78, 5) is 4.69. The highest BCUT2D eigenvalue weighted by molar-refractivity contribution is 6.12. The van der Waals surface area contributed by atoms with E-state index in [1.807, 2.05) is 79.0 Å². The first-order valence-electron chi connectivity index (χ1n) is 12.4. The molecule has 0 fully saturated rings. The number of rotatable bonds is 7. The Morgan fingerprint density at radius 2 is 1.53 bits per heavy atom. The number of ether oxygens (including phenoxy) is 1. The molecule has 0 unspecified atom stereocenters. The van der Waals surface area contributed by atoms with Crippen LogP contribution >= 0.6 is 0 Å². The molecule has 0 saturated carbocycles. The smallest absolute Gasteiger partial charge is 0.203 e. The van der Waals surface area contributed by atoms with Gasteiger partial charge >= 0.3 is 0 Å². The number of halogens is 1. The van der Waals surface area contributed by atoms with Gasteiger partial charge in [-0.05, 0) is 40.5 Å². The predicted octanol–water partition coefficient (Wildman–Crippen LogP) is 7.89. The average Bonchev–Trinajstić information content (AvgIpc) is 3.28. The zero-order valence-electron chi connectivity index (χ0n) is 20.6. The van der Waals surface area contributed by atoms with Crippen LogP contribution in [0.3, 0.4) is 0 Å². The van der Waals surface area contributed by atoms with E-state index >= 15 is 0 Å². The molecule has 0 saturated heterocycles. The van der Waals surface area contributed by atoms with E-state index in [9.17, 15) is 9.50 Å². The van der Waals surface area contributed by atoms with Gasteiger partial charge in [0.15, 0.2) is 5.75 Å². The van der Waals surface area contributed by atoms with Gasteiger partial charge < -0.3 is 14.4 Å². The number of benzene rings is 4. The third kappa shape index (κ3) is 4.18. The number of aromatic nitrogens is 2. The lowest BCUT2D eigenvalue weighted by Crippen LogP contribution is -2.10. The van der Waals surface area contributed by atoms with E-state index in [4.69, 9.17) is 4.74 Å². The van der Waals surface area contributed by atoms with E-state index < -0.39 is 6.10 Å². The van der Waals surface area contributed by atoms with Gasteiger partial charge in [-0.15, -0.1) is 0 Å². The topological polar surface area (TPSA) is 47.3 Å². The summed E-state index contributed by atoms with van der Waals surface area (Å²) in [6.45, 7) is 4.41. The second-order valence-electron chi connectivity index (χ2n) is 9.16. The number of fused-ring (bicyclic) bond motifs is 2. The predicted molar refractivity (Wildman–Crippen MR) is 150 cm³/mol. The summed E-state index contributed by atoms with van der Waals surface area (Å²) in [6.07, 6.45) is 4.97. The van der Waals surface area contributed by atoms with Crippen LogP contribution in [0.25, 0.3) is 27.8 Å². The maximum atomic E-state index is 13.5.